The normalized spacial score (nSPS) is 17.2. The highest BCUT2D eigenvalue weighted by Crippen LogP contribution is 2.34. The Morgan fingerprint density at radius 3 is 2.48 bits per heavy atom. The predicted octanol–water partition coefficient (Wildman–Crippen LogP) is 2.92. The maximum atomic E-state index is 12.0. The number of hydrogen-bond acceptors (Lipinski definition) is 4. The number of ether oxygens (including phenoxy) is 1. The Morgan fingerprint density at radius 1 is 1.24 bits per heavy atom. The summed E-state index contributed by atoms with van der Waals surface area (Å²) in [4.78, 5) is 12.0. The van der Waals surface area contributed by atoms with Gasteiger partial charge < -0.3 is 9.84 Å². The Labute approximate surface area is 122 Å². The van der Waals surface area contributed by atoms with E-state index in [2.05, 4.69) is 5.10 Å². The summed E-state index contributed by atoms with van der Waals surface area (Å²) in [5.74, 6) is -0.665. The van der Waals surface area contributed by atoms with E-state index in [9.17, 15) is 9.90 Å². The lowest BCUT2D eigenvalue weighted by Crippen LogP contribution is -2.22. The van der Waals surface area contributed by atoms with E-state index in [0.717, 1.165) is 17.0 Å². The molecule has 1 aliphatic rings. The second-order valence-corrected chi connectivity index (χ2v) is 5.55. The number of hydrogen-bond donors (Lipinski definition) is 1. The van der Waals surface area contributed by atoms with Crippen molar-refractivity contribution in [1.29, 1.82) is 0 Å². The van der Waals surface area contributed by atoms with Crippen LogP contribution in [0.5, 0.6) is 0 Å². The lowest BCUT2D eigenvalue weighted by Gasteiger charge is -2.15. The van der Waals surface area contributed by atoms with Crippen molar-refractivity contribution in [2.45, 2.75) is 26.4 Å². The van der Waals surface area contributed by atoms with E-state index in [1.54, 1.807) is 13.8 Å². The van der Waals surface area contributed by atoms with Crippen LogP contribution in [0.2, 0.25) is 0 Å². The van der Waals surface area contributed by atoms with Gasteiger partial charge >= 0.3 is 5.97 Å². The zero-order chi connectivity index (χ0) is 15.2. The van der Waals surface area contributed by atoms with E-state index >= 15 is 0 Å². The van der Waals surface area contributed by atoms with Crippen molar-refractivity contribution < 1.29 is 14.6 Å². The van der Waals surface area contributed by atoms with Gasteiger partial charge in [0, 0.05) is 11.3 Å². The number of carbonyl (C=O) groups excluding carboxylic acids is 1. The van der Waals surface area contributed by atoms with Crippen LogP contribution in [0.15, 0.2) is 42.2 Å². The highest BCUT2D eigenvalue weighted by Gasteiger charge is 2.42. The Balaban J connectivity index is 2.11. The topological polar surface area (TPSA) is 64.3 Å². The lowest BCUT2D eigenvalue weighted by atomic mass is 10.1. The largest absolute Gasteiger partial charge is 0.506 e. The number of cyclic esters (lactones) is 1. The molecule has 0 radical (unpaired) electrons. The molecule has 0 aliphatic carbocycles. The highest BCUT2D eigenvalue weighted by atomic mass is 16.6. The quantitative estimate of drug-likeness (QED) is 0.861. The molecule has 0 fully saturated rings. The smallest absolute Gasteiger partial charge is 0.361 e. The third-order valence-corrected chi connectivity index (χ3v) is 3.50. The molecule has 108 valence electrons. The summed E-state index contributed by atoms with van der Waals surface area (Å²) in [6.07, 6.45) is 0. The standard InChI is InChI=1S/C16H16N2O3/c1-10-9-12(11-7-5-4-6-8-11)17-18(10)13-14(19)16(2,3)21-15(13)20/h4-9,19H,1-3H3. The van der Waals surface area contributed by atoms with Crippen LogP contribution in [0.25, 0.3) is 17.0 Å². The first kappa shape index (κ1) is 13.4. The molecule has 21 heavy (non-hydrogen) atoms. The molecular formula is C16H16N2O3. The number of aliphatic hydroxyl groups excluding tert-OH is 1. The molecule has 2 heterocycles. The Morgan fingerprint density at radius 2 is 1.90 bits per heavy atom. The van der Waals surface area contributed by atoms with Gasteiger partial charge in [0.2, 0.25) is 0 Å². The van der Waals surface area contributed by atoms with Crippen LogP contribution in [0.3, 0.4) is 0 Å². The van der Waals surface area contributed by atoms with Crippen molar-refractivity contribution in [2.24, 2.45) is 0 Å². The van der Waals surface area contributed by atoms with Gasteiger partial charge in [0.25, 0.3) is 0 Å². The number of nitrogens with zero attached hydrogens (tertiary/aromatic N) is 2. The van der Waals surface area contributed by atoms with Crippen molar-refractivity contribution in [3.63, 3.8) is 0 Å². The first-order valence-corrected chi connectivity index (χ1v) is 6.69. The molecule has 0 amide bonds. The van der Waals surface area contributed by atoms with Crippen LogP contribution in [0, 0.1) is 6.92 Å². The van der Waals surface area contributed by atoms with Crippen LogP contribution in [0.1, 0.15) is 19.5 Å². The lowest BCUT2D eigenvalue weighted by molar-refractivity contribution is -0.144. The van der Waals surface area contributed by atoms with E-state index < -0.39 is 11.6 Å². The number of benzene rings is 1. The minimum Gasteiger partial charge on any atom is -0.506 e. The van der Waals surface area contributed by atoms with E-state index in [0.29, 0.717) is 0 Å². The molecule has 0 saturated carbocycles. The molecule has 0 saturated heterocycles. The van der Waals surface area contributed by atoms with Crippen molar-refractivity contribution in [3.8, 4) is 11.3 Å². The van der Waals surface area contributed by atoms with Gasteiger partial charge in [-0.15, -0.1) is 0 Å². The van der Waals surface area contributed by atoms with E-state index in [1.165, 1.54) is 4.68 Å². The van der Waals surface area contributed by atoms with Gasteiger partial charge in [-0.2, -0.15) is 5.10 Å². The molecule has 0 spiro atoms. The average molecular weight is 284 g/mol. The molecule has 1 aliphatic heterocycles. The first-order valence-electron chi connectivity index (χ1n) is 6.69. The van der Waals surface area contributed by atoms with Crippen LogP contribution < -0.4 is 0 Å². The van der Waals surface area contributed by atoms with Gasteiger partial charge in [-0.3, -0.25) is 0 Å². The van der Waals surface area contributed by atoms with Crippen LogP contribution >= 0.6 is 0 Å². The molecule has 0 unspecified atom stereocenters. The van der Waals surface area contributed by atoms with Crippen molar-refractivity contribution in [1.82, 2.24) is 9.78 Å². The molecule has 3 rings (SSSR count). The average Bonchev–Trinajstić information content (AvgIpc) is 2.90. The monoisotopic (exact) mass is 284 g/mol. The summed E-state index contributed by atoms with van der Waals surface area (Å²) >= 11 is 0. The summed E-state index contributed by atoms with van der Waals surface area (Å²) in [5, 5.41) is 14.6. The third-order valence-electron chi connectivity index (χ3n) is 3.50. The van der Waals surface area contributed by atoms with E-state index in [-0.39, 0.29) is 11.5 Å². The number of rotatable bonds is 2. The summed E-state index contributed by atoms with van der Waals surface area (Å²) in [5.41, 5.74) is 1.51. The van der Waals surface area contributed by atoms with E-state index in [1.807, 2.05) is 43.3 Å². The van der Waals surface area contributed by atoms with Gasteiger partial charge in [0.05, 0.1) is 5.69 Å². The second kappa shape index (κ2) is 4.48. The second-order valence-electron chi connectivity index (χ2n) is 5.55. The highest BCUT2D eigenvalue weighted by molar-refractivity contribution is 6.13. The van der Waals surface area contributed by atoms with Crippen molar-refractivity contribution in [2.75, 3.05) is 0 Å². The fraction of sp³-hybridized carbons (Fsp3) is 0.250. The predicted molar refractivity (Wildman–Crippen MR) is 78.4 cm³/mol. The fourth-order valence-electron chi connectivity index (χ4n) is 2.35. The van der Waals surface area contributed by atoms with Crippen LogP contribution in [-0.2, 0) is 9.53 Å². The van der Waals surface area contributed by atoms with Crippen molar-refractivity contribution in [3.05, 3.63) is 47.9 Å². The third kappa shape index (κ3) is 2.11. The molecule has 1 aromatic carbocycles. The van der Waals surface area contributed by atoms with Crippen LogP contribution in [0.4, 0.5) is 0 Å². The van der Waals surface area contributed by atoms with Gasteiger partial charge in [-0.1, -0.05) is 30.3 Å². The van der Waals surface area contributed by atoms with Gasteiger partial charge in [-0.05, 0) is 26.8 Å². The Hall–Kier alpha value is -2.56. The minimum absolute atomic E-state index is 0.0830. The fourth-order valence-corrected chi connectivity index (χ4v) is 2.35. The maximum absolute atomic E-state index is 12.0. The summed E-state index contributed by atoms with van der Waals surface area (Å²) < 4.78 is 6.61. The molecule has 5 heteroatoms. The van der Waals surface area contributed by atoms with Crippen molar-refractivity contribution >= 4 is 11.7 Å². The summed E-state index contributed by atoms with van der Waals surface area (Å²) in [6, 6.07) is 11.5. The summed E-state index contributed by atoms with van der Waals surface area (Å²) in [7, 11) is 0. The Bertz CT molecular complexity index is 742. The molecular weight excluding hydrogens is 268 g/mol. The minimum atomic E-state index is -1.02. The van der Waals surface area contributed by atoms with Crippen LogP contribution in [-0.4, -0.2) is 26.5 Å². The first-order chi connectivity index (χ1) is 9.90. The number of aromatic nitrogens is 2. The molecule has 1 aromatic heterocycles. The number of aliphatic hydroxyl groups is 1. The zero-order valence-corrected chi connectivity index (χ0v) is 12.1. The SMILES string of the molecule is Cc1cc(-c2ccccc2)nn1C1=C(O)C(C)(C)OC1=O. The molecule has 5 nitrogen and oxygen atoms in total. The molecule has 0 atom stereocenters. The van der Waals surface area contributed by atoms with E-state index in [4.69, 9.17) is 4.74 Å². The number of carbonyl (C=O) groups is 1. The number of aryl methyl sites for hydroxylation is 1. The van der Waals surface area contributed by atoms with Gasteiger partial charge in [0.1, 0.15) is 0 Å². The molecule has 2 aromatic rings. The molecule has 1 N–H and O–H groups in total. The molecule has 0 bridgehead atoms. The maximum Gasteiger partial charge on any atom is 0.361 e. The van der Waals surface area contributed by atoms with Gasteiger partial charge in [-0.25, -0.2) is 9.48 Å². The number of esters is 1. The van der Waals surface area contributed by atoms with Gasteiger partial charge in [0.15, 0.2) is 17.1 Å². The Kier molecular flexibility index (Phi) is 2.86. The summed E-state index contributed by atoms with van der Waals surface area (Å²) in [6.45, 7) is 5.12. The zero-order valence-electron chi connectivity index (χ0n) is 12.1.